The molecular formula is C12H25NO. The predicted molar refractivity (Wildman–Crippen MR) is 60.3 cm³/mol. The highest BCUT2D eigenvalue weighted by Crippen LogP contribution is 2.29. The van der Waals surface area contributed by atoms with E-state index in [2.05, 4.69) is 32.6 Å². The van der Waals surface area contributed by atoms with Crippen molar-refractivity contribution in [3.05, 3.63) is 0 Å². The first kappa shape index (κ1) is 12.0. The molecule has 2 atom stereocenters. The molecule has 0 spiro atoms. The van der Waals surface area contributed by atoms with Gasteiger partial charge in [0.25, 0.3) is 0 Å². The second-order valence-corrected chi connectivity index (χ2v) is 5.48. The lowest BCUT2D eigenvalue weighted by atomic mass is 9.93. The minimum atomic E-state index is 0.0476. The van der Waals surface area contributed by atoms with E-state index in [0.717, 1.165) is 12.6 Å². The van der Waals surface area contributed by atoms with Crippen molar-refractivity contribution in [3.8, 4) is 0 Å². The van der Waals surface area contributed by atoms with Crippen molar-refractivity contribution in [1.29, 1.82) is 0 Å². The molecule has 1 heterocycles. The molecule has 0 aliphatic carbocycles. The second-order valence-electron chi connectivity index (χ2n) is 5.48. The quantitative estimate of drug-likeness (QED) is 0.751. The third-order valence-electron chi connectivity index (χ3n) is 3.46. The van der Waals surface area contributed by atoms with Gasteiger partial charge in [-0.25, -0.2) is 0 Å². The first-order chi connectivity index (χ1) is 6.50. The molecule has 2 unspecified atom stereocenters. The van der Waals surface area contributed by atoms with Crippen LogP contribution in [0.3, 0.4) is 0 Å². The molecule has 1 fully saturated rings. The van der Waals surface area contributed by atoms with Crippen LogP contribution < -0.4 is 0 Å². The van der Waals surface area contributed by atoms with Gasteiger partial charge in [-0.05, 0) is 26.2 Å². The van der Waals surface area contributed by atoms with Crippen LogP contribution in [0.2, 0.25) is 0 Å². The first-order valence-electron chi connectivity index (χ1n) is 5.87. The fourth-order valence-electron chi connectivity index (χ4n) is 2.39. The maximum atomic E-state index is 9.27. The van der Waals surface area contributed by atoms with Crippen LogP contribution in [0.25, 0.3) is 0 Å². The molecule has 14 heavy (non-hydrogen) atoms. The third kappa shape index (κ3) is 2.71. The normalized spacial score (nSPS) is 29.8. The zero-order valence-electron chi connectivity index (χ0n) is 10.1. The summed E-state index contributed by atoms with van der Waals surface area (Å²) in [6.07, 6.45) is 3.89. The summed E-state index contributed by atoms with van der Waals surface area (Å²) >= 11 is 0. The molecule has 0 amide bonds. The van der Waals surface area contributed by atoms with Gasteiger partial charge in [-0.2, -0.15) is 0 Å². The van der Waals surface area contributed by atoms with Crippen LogP contribution in [-0.2, 0) is 0 Å². The highest BCUT2D eigenvalue weighted by atomic mass is 16.3. The molecule has 0 bridgehead atoms. The molecule has 1 aliphatic rings. The lowest BCUT2D eigenvalue weighted by Gasteiger charge is -2.35. The van der Waals surface area contributed by atoms with Crippen molar-refractivity contribution in [2.24, 2.45) is 5.41 Å². The van der Waals surface area contributed by atoms with Crippen LogP contribution in [0.1, 0.15) is 47.0 Å². The number of likely N-dealkylation sites (tertiary alicyclic amines) is 1. The molecule has 2 heteroatoms. The van der Waals surface area contributed by atoms with Gasteiger partial charge < -0.3 is 5.11 Å². The molecule has 1 aliphatic heterocycles. The minimum Gasteiger partial charge on any atom is -0.396 e. The van der Waals surface area contributed by atoms with Gasteiger partial charge in [0.2, 0.25) is 0 Å². The Kier molecular flexibility index (Phi) is 3.96. The first-order valence-corrected chi connectivity index (χ1v) is 5.87. The lowest BCUT2D eigenvalue weighted by molar-refractivity contribution is 0.0778. The molecule has 1 saturated heterocycles. The molecule has 0 saturated carbocycles. The van der Waals surface area contributed by atoms with E-state index in [4.69, 9.17) is 0 Å². The second kappa shape index (κ2) is 4.63. The fourth-order valence-corrected chi connectivity index (χ4v) is 2.39. The van der Waals surface area contributed by atoms with Crippen LogP contribution in [-0.4, -0.2) is 35.2 Å². The molecule has 0 aromatic rings. The van der Waals surface area contributed by atoms with Crippen LogP contribution in [0.4, 0.5) is 0 Å². The highest BCUT2D eigenvalue weighted by Gasteiger charge is 2.33. The summed E-state index contributed by atoms with van der Waals surface area (Å²) in [6.45, 7) is 10.2. The van der Waals surface area contributed by atoms with Gasteiger partial charge in [0, 0.05) is 30.7 Å². The van der Waals surface area contributed by atoms with E-state index in [-0.39, 0.29) is 12.0 Å². The lowest BCUT2D eigenvalue weighted by Crippen LogP contribution is -2.42. The average molecular weight is 199 g/mol. The molecule has 84 valence electrons. The third-order valence-corrected chi connectivity index (χ3v) is 3.46. The van der Waals surface area contributed by atoms with Gasteiger partial charge in [-0.1, -0.05) is 20.8 Å². The Balaban J connectivity index is 2.56. The van der Waals surface area contributed by atoms with E-state index in [1.54, 1.807) is 0 Å². The smallest absolute Gasteiger partial charge is 0.0494 e. The van der Waals surface area contributed by atoms with Gasteiger partial charge in [0.15, 0.2) is 0 Å². The van der Waals surface area contributed by atoms with Gasteiger partial charge in [0.1, 0.15) is 0 Å². The van der Waals surface area contributed by atoms with E-state index in [1.807, 2.05) is 0 Å². The molecular weight excluding hydrogens is 174 g/mol. The Hall–Kier alpha value is -0.0800. The Morgan fingerprint density at radius 2 is 2.00 bits per heavy atom. The van der Waals surface area contributed by atoms with Crippen LogP contribution >= 0.6 is 0 Å². The fraction of sp³-hybridized carbons (Fsp3) is 1.00. The summed E-state index contributed by atoms with van der Waals surface area (Å²) in [6, 6.07) is 1.45. The van der Waals surface area contributed by atoms with E-state index in [1.165, 1.54) is 19.3 Å². The SMILES string of the molecule is CCC1CCC(C)N1CC(C)(C)CO. The maximum absolute atomic E-state index is 9.27. The van der Waals surface area contributed by atoms with E-state index in [9.17, 15) is 5.11 Å². The van der Waals surface area contributed by atoms with Gasteiger partial charge in [-0.3, -0.25) is 4.90 Å². The number of aliphatic hydroxyl groups is 1. The number of aliphatic hydroxyl groups excluding tert-OH is 1. The Morgan fingerprint density at radius 1 is 1.36 bits per heavy atom. The molecule has 1 N–H and O–H groups in total. The standard InChI is InChI=1S/C12H25NO/c1-5-11-7-6-10(2)13(11)8-12(3,4)9-14/h10-11,14H,5-9H2,1-4H3. The maximum Gasteiger partial charge on any atom is 0.0494 e. The van der Waals surface area contributed by atoms with E-state index >= 15 is 0 Å². The zero-order valence-corrected chi connectivity index (χ0v) is 10.1. The van der Waals surface area contributed by atoms with Crippen molar-refractivity contribution in [3.63, 3.8) is 0 Å². The number of nitrogens with zero attached hydrogens (tertiary/aromatic N) is 1. The molecule has 0 aromatic heterocycles. The summed E-state index contributed by atoms with van der Waals surface area (Å²) in [5, 5.41) is 9.27. The van der Waals surface area contributed by atoms with Crippen molar-refractivity contribution in [2.45, 2.75) is 59.0 Å². The largest absolute Gasteiger partial charge is 0.396 e. The minimum absolute atomic E-state index is 0.0476. The van der Waals surface area contributed by atoms with Crippen LogP contribution in [0.5, 0.6) is 0 Å². The molecule has 2 nitrogen and oxygen atoms in total. The van der Waals surface area contributed by atoms with Gasteiger partial charge in [-0.15, -0.1) is 0 Å². The Labute approximate surface area is 88.3 Å². The topological polar surface area (TPSA) is 23.5 Å². The zero-order chi connectivity index (χ0) is 10.8. The number of hydrogen-bond acceptors (Lipinski definition) is 2. The molecule has 0 radical (unpaired) electrons. The van der Waals surface area contributed by atoms with Crippen LogP contribution in [0.15, 0.2) is 0 Å². The van der Waals surface area contributed by atoms with Crippen molar-refractivity contribution in [2.75, 3.05) is 13.2 Å². The Morgan fingerprint density at radius 3 is 2.50 bits per heavy atom. The number of rotatable bonds is 4. The van der Waals surface area contributed by atoms with Crippen molar-refractivity contribution >= 4 is 0 Å². The molecule has 0 aromatic carbocycles. The van der Waals surface area contributed by atoms with Gasteiger partial charge in [0.05, 0.1) is 0 Å². The van der Waals surface area contributed by atoms with Crippen LogP contribution in [0, 0.1) is 5.41 Å². The summed E-state index contributed by atoms with van der Waals surface area (Å²) in [5.74, 6) is 0. The average Bonchev–Trinajstić information content (AvgIpc) is 2.48. The summed E-state index contributed by atoms with van der Waals surface area (Å²) in [5.41, 5.74) is 0.0476. The predicted octanol–water partition coefficient (Wildman–Crippen LogP) is 2.27. The summed E-state index contributed by atoms with van der Waals surface area (Å²) in [7, 11) is 0. The monoisotopic (exact) mass is 199 g/mol. The van der Waals surface area contributed by atoms with Crippen molar-refractivity contribution in [1.82, 2.24) is 4.90 Å². The van der Waals surface area contributed by atoms with E-state index < -0.39 is 0 Å². The van der Waals surface area contributed by atoms with Gasteiger partial charge >= 0.3 is 0 Å². The van der Waals surface area contributed by atoms with E-state index in [0.29, 0.717) is 6.04 Å². The summed E-state index contributed by atoms with van der Waals surface area (Å²) in [4.78, 5) is 2.58. The summed E-state index contributed by atoms with van der Waals surface area (Å²) < 4.78 is 0. The number of hydrogen-bond donors (Lipinski definition) is 1. The highest BCUT2D eigenvalue weighted by molar-refractivity contribution is 4.87. The van der Waals surface area contributed by atoms with Crippen molar-refractivity contribution < 1.29 is 5.11 Å². The Bertz CT molecular complexity index is 179. The molecule has 1 rings (SSSR count).